The molecule has 0 aliphatic heterocycles. The molecule has 1 aromatic rings. The van der Waals surface area contributed by atoms with Crippen LogP contribution >= 0.6 is 0 Å². The van der Waals surface area contributed by atoms with E-state index >= 15 is 0 Å². The van der Waals surface area contributed by atoms with Gasteiger partial charge in [-0.3, -0.25) is 14.9 Å². The van der Waals surface area contributed by atoms with Crippen LogP contribution in [-0.4, -0.2) is 40.2 Å². The number of alkyl halides is 3. The van der Waals surface area contributed by atoms with Gasteiger partial charge in [-0.1, -0.05) is 0 Å². The van der Waals surface area contributed by atoms with Gasteiger partial charge < -0.3 is 9.57 Å². The molecule has 0 N–H and O–H groups in total. The average Bonchev–Trinajstić information content (AvgIpc) is 2.46. The topological polar surface area (TPSA) is 99.0 Å². The average molecular weight is 380 g/mol. The maximum atomic E-state index is 13.2. The van der Waals surface area contributed by atoms with Gasteiger partial charge in [0.05, 0.1) is 11.0 Å². The molecule has 2 rings (SSSR count). The summed E-state index contributed by atoms with van der Waals surface area (Å²) in [5, 5.41) is 11.2. The van der Waals surface area contributed by atoms with Gasteiger partial charge >= 0.3 is 17.8 Å². The van der Waals surface area contributed by atoms with E-state index in [0.717, 1.165) is 25.1 Å². The number of nitrogens with zero attached hydrogens (tertiary/aromatic N) is 2. The van der Waals surface area contributed by atoms with Crippen molar-refractivity contribution in [2.45, 2.75) is 38.1 Å². The van der Waals surface area contributed by atoms with Gasteiger partial charge in [0, 0.05) is 31.9 Å². The minimum absolute atomic E-state index is 0.0572. The molecule has 1 amide bonds. The van der Waals surface area contributed by atoms with E-state index in [0.29, 0.717) is 0 Å². The standard InChI is InChI=1S/C14H12F4N2O6/c1-7(21)19(26-13(22)14(16,17)18)9-5-10(6-9)25-12-4-8(15)2-3-11(12)20(23)24/h2-4,9-10H,5-6H2,1H3. The molecule has 0 bridgehead atoms. The summed E-state index contributed by atoms with van der Waals surface area (Å²) in [7, 11) is 0. The summed E-state index contributed by atoms with van der Waals surface area (Å²) >= 11 is 0. The number of amides is 1. The first-order chi connectivity index (χ1) is 12.0. The first-order valence-electron chi connectivity index (χ1n) is 7.18. The van der Waals surface area contributed by atoms with Crippen molar-refractivity contribution in [2.24, 2.45) is 0 Å². The van der Waals surface area contributed by atoms with E-state index in [4.69, 9.17) is 4.74 Å². The Kier molecular flexibility index (Phi) is 5.33. The van der Waals surface area contributed by atoms with E-state index in [2.05, 4.69) is 4.84 Å². The Balaban J connectivity index is 2.01. The van der Waals surface area contributed by atoms with Crippen LogP contribution in [-0.2, 0) is 14.4 Å². The molecule has 26 heavy (non-hydrogen) atoms. The second-order valence-electron chi connectivity index (χ2n) is 5.46. The number of nitro benzene ring substituents is 1. The number of nitro groups is 1. The Morgan fingerprint density at radius 3 is 2.42 bits per heavy atom. The Bertz CT molecular complexity index is 733. The van der Waals surface area contributed by atoms with Crippen molar-refractivity contribution in [1.82, 2.24) is 5.06 Å². The molecule has 0 unspecified atom stereocenters. The van der Waals surface area contributed by atoms with E-state index in [1.165, 1.54) is 0 Å². The number of hydrogen-bond donors (Lipinski definition) is 0. The number of halogens is 4. The minimum atomic E-state index is -5.27. The van der Waals surface area contributed by atoms with E-state index in [-0.39, 0.29) is 23.7 Å². The van der Waals surface area contributed by atoms with Gasteiger partial charge in [-0.15, -0.1) is 0 Å². The van der Waals surface area contributed by atoms with Crippen molar-refractivity contribution in [3.8, 4) is 5.75 Å². The van der Waals surface area contributed by atoms with Crippen LogP contribution in [0.4, 0.5) is 23.2 Å². The Morgan fingerprint density at radius 1 is 1.31 bits per heavy atom. The van der Waals surface area contributed by atoms with E-state index in [1.807, 2.05) is 0 Å². The third-order valence-corrected chi connectivity index (χ3v) is 3.54. The maximum Gasteiger partial charge on any atom is 0.493 e. The fourth-order valence-electron chi connectivity index (χ4n) is 2.28. The molecule has 8 nitrogen and oxygen atoms in total. The lowest BCUT2D eigenvalue weighted by Crippen LogP contribution is -2.52. The van der Waals surface area contributed by atoms with Crippen LogP contribution in [0.3, 0.4) is 0 Å². The van der Waals surface area contributed by atoms with E-state index < -0.39 is 46.6 Å². The van der Waals surface area contributed by atoms with Crippen molar-refractivity contribution >= 4 is 17.6 Å². The molecule has 0 aromatic heterocycles. The molecular weight excluding hydrogens is 368 g/mol. The molecule has 1 aromatic carbocycles. The lowest BCUT2D eigenvalue weighted by Gasteiger charge is -2.40. The van der Waals surface area contributed by atoms with E-state index in [9.17, 15) is 37.3 Å². The zero-order valence-electron chi connectivity index (χ0n) is 13.2. The van der Waals surface area contributed by atoms with Crippen LogP contribution in [0.2, 0.25) is 0 Å². The van der Waals surface area contributed by atoms with Gasteiger partial charge in [-0.25, -0.2) is 9.18 Å². The van der Waals surface area contributed by atoms with Crippen molar-refractivity contribution in [3.63, 3.8) is 0 Å². The highest BCUT2D eigenvalue weighted by molar-refractivity contribution is 5.79. The zero-order valence-corrected chi connectivity index (χ0v) is 13.2. The van der Waals surface area contributed by atoms with Crippen LogP contribution in [0.15, 0.2) is 18.2 Å². The molecule has 0 saturated heterocycles. The molecular formula is C14H12F4N2O6. The van der Waals surface area contributed by atoms with Crippen molar-refractivity contribution in [2.75, 3.05) is 0 Å². The van der Waals surface area contributed by atoms with Crippen molar-refractivity contribution in [3.05, 3.63) is 34.1 Å². The molecule has 142 valence electrons. The monoisotopic (exact) mass is 380 g/mol. The van der Waals surface area contributed by atoms with Crippen LogP contribution in [0.5, 0.6) is 5.75 Å². The molecule has 1 aliphatic rings. The largest absolute Gasteiger partial charge is 0.493 e. The van der Waals surface area contributed by atoms with Gasteiger partial charge in [0.15, 0.2) is 5.75 Å². The van der Waals surface area contributed by atoms with Crippen LogP contribution < -0.4 is 4.74 Å². The molecule has 1 saturated carbocycles. The SMILES string of the molecule is CC(=O)N(OC(=O)C(F)(F)F)C1CC(Oc2cc(F)ccc2[N+](=O)[O-])C1. The lowest BCUT2D eigenvalue weighted by molar-refractivity contribution is -0.386. The maximum absolute atomic E-state index is 13.2. The van der Waals surface area contributed by atoms with Gasteiger partial charge in [0.1, 0.15) is 11.9 Å². The highest BCUT2D eigenvalue weighted by Crippen LogP contribution is 2.35. The van der Waals surface area contributed by atoms with Crippen molar-refractivity contribution in [1.29, 1.82) is 0 Å². The summed E-state index contributed by atoms with van der Waals surface area (Å²) in [6.07, 6.45) is -6.11. The summed E-state index contributed by atoms with van der Waals surface area (Å²) in [4.78, 5) is 36.4. The lowest BCUT2D eigenvalue weighted by atomic mass is 9.88. The zero-order chi connectivity index (χ0) is 19.6. The van der Waals surface area contributed by atoms with Gasteiger partial charge in [0.25, 0.3) is 5.91 Å². The Hall–Kier alpha value is -2.92. The smallest absolute Gasteiger partial charge is 0.483 e. The number of carbonyl (C=O) groups is 2. The summed E-state index contributed by atoms with van der Waals surface area (Å²) in [6, 6.07) is 1.70. The Labute approximate surface area is 143 Å². The summed E-state index contributed by atoms with van der Waals surface area (Å²) in [5.74, 6) is -4.59. The fourth-order valence-corrected chi connectivity index (χ4v) is 2.28. The highest BCUT2D eigenvalue weighted by Gasteiger charge is 2.46. The van der Waals surface area contributed by atoms with Gasteiger partial charge in [0.2, 0.25) is 0 Å². The number of rotatable bonds is 4. The van der Waals surface area contributed by atoms with Crippen LogP contribution in [0.25, 0.3) is 0 Å². The summed E-state index contributed by atoms with van der Waals surface area (Å²) < 4.78 is 55.2. The number of hydroxylamine groups is 2. The predicted molar refractivity (Wildman–Crippen MR) is 75.2 cm³/mol. The molecule has 1 fully saturated rings. The fraction of sp³-hybridized carbons (Fsp3) is 0.429. The van der Waals surface area contributed by atoms with E-state index in [1.54, 1.807) is 0 Å². The second kappa shape index (κ2) is 7.14. The van der Waals surface area contributed by atoms with Gasteiger partial charge in [-0.05, 0) is 6.07 Å². The van der Waals surface area contributed by atoms with Crippen LogP contribution in [0.1, 0.15) is 19.8 Å². The number of carbonyl (C=O) groups excluding carboxylic acids is 2. The highest BCUT2D eigenvalue weighted by atomic mass is 19.4. The molecule has 12 heteroatoms. The number of hydrogen-bond acceptors (Lipinski definition) is 6. The Morgan fingerprint density at radius 2 is 1.92 bits per heavy atom. The summed E-state index contributed by atoms with van der Waals surface area (Å²) in [6.45, 7) is 0.912. The molecule has 1 aliphatic carbocycles. The first kappa shape index (κ1) is 19.4. The molecule has 0 spiro atoms. The second-order valence-corrected chi connectivity index (χ2v) is 5.46. The molecule has 0 radical (unpaired) electrons. The third-order valence-electron chi connectivity index (χ3n) is 3.54. The minimum Gasteiger partial charge on any atom is -0.483 e. The number of benzene rings is 1. The first-order valence-corrected chi connectivity index (χ1v) is 7.18. The third kappa shape index (κ3) is 4.37. The molecule has 0 heterocycles. The van der Waals surface area contributed by atoms with Crippen molar-refractivity contribution < 1.29 is 41.6 Å². The van der Waals surface area contributed by atoms with Crippen LogP contribution in [0, 0.1) is 15.9 Å². The predicted octanol–water partition coefficient (Wildman–Crippen LogP) is 2.51. The molecule has 0 atom stereocenters. The van der Waals surface area contributed by atoms with Gasteiger partial charge in [-0.2, -0.15) is 18.2 Å². The number of ether oxygens (including phenoxy) is 1. The normalized spacial score (nSPS) is 19.3. The quantitative estimate of drug-likeness (QED) is 0.452. The summed E-state index contributed by atoms with van der Waals surface area (Å²) in [5.41, 5.74) is -0.484.